The third kappa shape index (κ3) is 2.45. The van der Waals surface area contributed by atoms with Gasteiger partial charge in [-0.05, 0) is 43.4 Å². The van der Waals surface area contributed by atoms with E-state index < -0.39 is 0 Å². The standard InChI is InChI=1S/C17H17ClN2/c1-20(2)11-15-14-5-3-4-6-16(14)19-17(15)12-7-9-13(18)10-8-12/h3-10,19H,11H2,1-2H3. The van der Waals surface area contributed by atoms with Gasteiger partial charge >= 0.3 is 0 Å². The summed E-state index contributed by atoms with van der Waals surface area (Å²) >= 11 is 5.98. The Kier molecular flexibility index (Phi) is 3.51. The van der Waals surface area contributed by atoms with E-state index in [1.54, 1.807) is 0 Å². The summed E-state index contributed by atoms with van der Waals surface area (Å²) in [6.45, 7) is 0.905. The van der Waals surface area contributed by atoms with Crippen molar-refractivity contribution in [2.45, 2.75) is 6.54 Å². The van der Waals surface area contributed by atoms with Crippen LogP contribution < -0.4 is 0 Å². The van der Waals surface area contributed by atoms with Crippen LogP contribution in [0.2, 0.25) is 5.02 Å². The highest BCUT2D eigenvalue weighted by Gasteiger charge is 2.13. The van der Waals surface area contributed by atoms with E-state index in [1.165, 1.54) is 27.7 Å². The number of hydrogen-bond acceptors (Lipinski definition) is 1. The molecule has 1 aromatic heterocycles. The Balaban J connectivity index is 2.20. The highest BCUT2D eigenvalue weighted by atomic mass is 35.5. The number of aromatic nitrogens is 1. The summed E-state index contributed by atoms with van der Waals surface area (Å²) in [6, 6.07) is 16.4. The Hall–Kier alpha value is -1.77. The lowest BCUT2D eigenvalue weighted by Crippen LogP contribution is -2.11. The second kappa shape index (κ2) is 5.31. The maximum absolute atomic E-state index is 5.98. The molecule has 0 aliphatic heterocycles. The van der Waals surface area contributed by atoms with E-state index in [1.807, 2.05) is 12.1 Å². The molecular formula is C17H17ClN2. The first-order valence-electron chi connectivity index (χ1n) is 6.65. The van der Waals surface area contributed by atoms with Crippen LogP contribution in [0.1, 0.15) is 5.56 Å². The van der Waals surface area contributed by atoms with Crippen molar-refractivity contribution in [1.82, 2.24) is 9.88 Å². The molecule has 1 heterocycles. The second-order valence-electron chi connectivity index (χ2n) is 5.27. The summed E-state index contributed by atoms with van der Waals surface area (Å²) in [5.74, 6) is 0. The lowest BCUT2D eigenvalue weighted by molar-refractivity contribution is 0.404. The predicted octanol–water partition coefficient (Wildman–Crippen LogP) is 4.55. The van der Waals surface area contributed by atoms with Crippen molar-refractivity contribution in [3.05, 3.63) is 59.1 Å². The lowest BCUT2D eigenvalue weighted by atomic mass is 10.0. The molecule has 0 atom stereocenters. The third-order valence-electron chi connectivity index (χ3n) is 3.42. The fourth-order valence-corrected chi connectivity index (χ4v) is 2.67. The molecule has 0 bridgehead atoms. The fourth-order valence-electron chi connectivity index (χ4n) is 2.54. The van der Waals surface area contributed by atoms with Crippen molar-refractivity contribution in [3.8, 4) is 11.3 Å². The molecule has 0 saturated heterocycles. The monoisotopic (exact) mass is 284 g/mol. The van der Waals surface area contributed by atoms with Crippen molar-refractivity contribution in [1.29, 1.82) is 0 Å². The number of nitrogens with one attached hydrogen (secondary N) is 1. The van der Waals surface area contributed by atoms with Crippen LogP contribution in [0, 0.1) is 0 Å². The fraction of sp³-hybridized carbons (Fsp3) is 0.176. The molecule has 2 aromatic carbocycles. The Morgan fingerprint density at radius 1 is 1.00 bits per heavy atom. The van der Waals surface area contributed by atoms with Gasteiger partial charge in [-0.2, -0.15) is 0 Å². The average Bonchev–Trinajstić information content (AvgIpc) is 2.78. The molecule has 20 heavy (non-hydrogen) atoms. The van der Waals surface area contributed by atoms with E-state index in [-0.39, 0.29) is 0 Å². The summed E-state index contributed by atoms with van der Waals surface area (Å²) in [5, 5.41) is 2.05. The first-order valence-corrected chi connectivity index (χ1v) is 7.03. The Morgan fingerprint density at radius 2 is 1.70 bits per heavy atom. The normalized spacial score (nSPS) is 11.4. The van der Waals surface area contributed by atoms with Gasteiger partial charge in [-0.3, -0.25) is 0 Å². The zero-order valence-electron chi connectivity index (χ0n) is 11.7. The Labute approximate surface area is 124 Å². The van der Waals surface area contributed by atoms with Crippen LogP contribution in [0.5, 0.6) is 0 Å². The van der Waals surface area contributed by atoms with Gasteiger partial charge in [-0.1, -0.05) is 41.9 Å². The van der Waals surface area contributed by atoms with Gasteiger partial charge in [0.25, 0.3) is 0 Å². The number of fused-ring (bicyclic) bond motifs is 1. The quantitative estimate of drug-likeness (QED) is 0.747. The predicted molar refractivity (Wildman–Crippen MR) is 86.1 cm³/mol. The maximum Gasteiger partial charge on any atom is 0.0510 e. The van der Waals surface area contributed by atoms with Crippen LogP contribution in [-0.2, 0) is 6.54 Å². The molecule has 3 heteroatoms. The largest absolute Gasteiger partial charge is 0.354 e. The molecule has 2 nitrogen and oxygen atoms in total. The number of halogens is 1. The van der Waals surface area contributed by atoms with Gasteiger partial charge < -0.3 is 9.88 Å². The van der Waals surface area contributed by atoms with Crippen LogP contribution in [0.25, 0.3) is 22.2 Å². The third-order valence-corrected chi connectivity index (χ3v) is 3.67. The van der Waals surface area contributed by atoms with Gasteiger partial charge in [0, 0.05) is 22.5 Å². The number of para-hydroxylation sites is 1. The van der Waals surface area contributed by atoms with E-state index in [9.17, 15) is 0 Å². The topological polar surface area (TPSA) is 19.0 Å². The smallest absolute Gasteiger partial charge is 0.0510 e. The second-order valence-corrected chi connectivity index (χ2v) is 5.71. The molecule has 0 aliphatic carbocycles. The molecule has 0 radical (unpaired) electrons. The van der Waals surface area contributed by atoms with Crippen molar-refractivity contribution in [3.63, 3.8) is 0 Å². The highest BCUT2D eigenvalue weighted by Crippen LogP contribution is 2.31. The number of benzene rings is 2. The van der Waals surface area contributed by atoms with Crippen molar-refractivity contribution < 1.29 is 0 Å². The van der Waals surface area contributed by atoms with Crippen molar-refractivity contribution >= 4 is 22.5 Å². The zero-order valence-corrected chi connectivity index (χ0v) is 12.4. The van der Waals surface area contributed by atoms with Gasteiger partial charge in [0.1, 0.15) is 0 Å². The van der Waals surface area contributed by atoms with Gasteiger partial charge in [0.15, 0.2) is 0 Å². The van der Waals surface area contributed by atoms with E-state index >= 15 is 0 Å². The number of rotatable bonds is 3. The van der Waals surface area contributed by atoms with Crippen LogP contribution >= 0.6 is 11.6 Å². The van der Waals surface area contributed by atoms with Crippen LogP contribution in [-0.4, -0.2) is 24.0 Å². The molecule has 3 rings (SSSR count). The summed E-state index contributed by atoms with van der Waals surface area (Å²) in [6.07, 6.45) is 0. The molecule has 0 saturated carbocycles. The summed E-state index contributed by atoms with van der Waals surface area (Å²) < 4.78 is 0. The SMILES string of the molecule is CN(C)Cc1c(-c2ccc(Cl)cc2)[nH]c2ccccc12. The number of nitrogens with zero attached hydrogens (tertiary/aromatic N) is 1. The molecule has 0 unspecified atom stereocenters. The highest BCUT2D eigenvalue weighted by molar-refractivity contribution is 6.30. The number of H-pyrrole nitrogens is 1. The van der Waals surface area contributed by atoms with Crippen LogP contribution in [0.3, 0.4) is 0 Å². The summed E-state index contributed by atoms with van der Waals surface area (Å²) in [7, 11) is 4.18. The van der Waals surface area contributed by atoms with Gasteiger partial charge in [0.05, 0.1) is 5.69 Å². The van der Waals surface area contributed by atoms with Gasteiger partial charge in [0.2, 0.25) is 0 Å². The first kappa shape index (κ1) is 13.2. The minimum atomic E-state index is 0.763. The summed E-state index contributed by atoms with van der Waals surface area (Å²) in [5.41, 5.74) is 4.85. The average molecular weight is 285 g/mol. The molecule has 102 valence electrons. The van der Waals surface area contributed by atoms with Crippen molar-refractivity contribution in [2.75, 3.05) is 14.1 Å². The van der Waals surface area contributed by atoms with Crippen LogP contribution in [0.4, 0.5) is 0 Å². The van der Waals surface area contributed by atoms with E-state index in [4.69, 9.17) is 11.6 Å². The Bertz CT molecular complexity index is 726. The minimum absolute atomic E-state index is 0.763. The molecule has 0 fully saturated rings. The van der Waals surface area contributed by atoms with Gasteiger partial charge in [-0.25, -0.2) is 0 Å². The lowest BCUT2D eigenvalue weighted by Gasteiger charge is -2.11. The first-order chi connectivity index (χ1) is 9.65. The molecule has 3 aromatic rings. The molecule has 0 spiro atoms. The minimum Gasteiger partial charge on any atom is -0.354 e. The van der Waals surface area contributed by atoms with Crippen molar-refractivity contribution in [2.24, 2.45) is 0 Å². The summed E-state index contributed by atoms with van der Waals surface area (Å²) in [4.78, 5) is 5.73. The molecule has 0 aliphatic rings. The number of aromatic amines is 1. The zero-order chi connectivity index (χ0) is 14.1. The van der Waals surface area contributed by atoms with Crippen LogP contribution in [0.15, 0.2) is 48.5 Å². The van der Waals surface area contributed by atoms with E-state index in [2.05, 4.69) is 60.4 Å². The molecule has 1 N–H and O–H groups in total. The van der Waals surface area contributed by atoms with E-state index in [0.717, 1.165) is 11.6 Å². The Morgan fingerprint density at radius 3 is 2.40 bits per heavy atom. The number of hydrogen-bond donors (Lipinski definition) is 1. The van der Waals surface area contributed by atoms with E-state index in [0.29, 0.717) is 0 Å². The van der Waals surface area contributed by atoms with Gasteiger partial charge in [-0.15, -0.1) is 0 Å². The maximum atomic E-state index is 5.98. The molecule has 0 amide bonds. The molecular weight excluding hydrogens is 268 g/mol.